The van der Waals surface area contributed by atoms with Gasteiger partial charge in [0.1, 0.15) is 18.4 Å². The van der Waals surface area contributed by atoms with Crippen molar-refractivity contribution in [1.82, 2.24) is 5.32 Å². The number of anilines is 1. The SMILES string of the molecule is CC(=O)N[C@H]1C(=O)N(CCOc2ccc3ccccc3c2)c2c(C)cc(C)cc21. The molecule has 148 valence electrons. The van der Waals surface area contributed by atoms with Crippen LogP contribution < -0.4 is 15.0 Å². The van der Waals surface area contributed by atoms with Gasteiger partial charge in [-0.25, -0.2) is 0 Å². The van der Waals surface area contributed by atoms with Crippen molar-refractivity contribution in [2.24, 2.45) is 0 Å². The predicted molar refractivity (Wildman–Crippen MR) is 114 cm³/mol. The third-order valence-electron chi connectivity index (χ3n) is 5.22. The molecule has 0 aromatic heterocycles. The monoisotopic (exact) mass is 388 g/mol. The lowest BCUT2D eigenvalue weighted by Gasteiger charge is -2.20. The number of ether oxygens (including phenoxy) is 1. The van der Waals surface area contributed by atoms with Crippen molar-refractivity contribution in [2.45, 2.75) is 26.8 Å². The molecule has 4 rings (SSSR count). The number of aryl methyl sites for hydroxylation is 2. The highest BCUT2D eigenvalue weighted by Gasteiger charge is 2.38. The van der Waals surface area contributed by atoms with Crippen molar-refractivity contribution in [3.05, 3.63) is 71.3 Å². The molecule has 0 spiro atoms. The Kier molecular flexibility index (Phi) is 4.97. The van der Waals surface area contributed by atoms with Crippen LogP contribution in [0.2, 0.25) is 0 Å². The Balaban J connectivity index is 1.53. The van der Waals surface area contributed by atoms with E-state index >= 15 is 0 Å². The van der Waals surface area contributed by atoms with Crippen LogP contribution in [0.5, 0.6) is 5.75 Å². The van der Waals surface area contributed by atoms with Crippen molar-refractivity contribution in [2.75, 3.05) is 18.1 Å². The van der Waals surface area contributed by atoms with Crippen molar-refractivity contribution < 1.29 is 14.3 Å². The molecule has 1 N–H and O–H groups in total. The molecule has 5 heteroatoms. The van der Waals surface area contributed by atoms with E-state index in [9.17, 15) is 9.59 Å². The zero-order valence-electron chi connectivity index (χ0n) is 16.9. The lowest BCUT2D eigenvalue weighted by molar-refractivity contribution is -0.126. The molecule has 0 bridgehead atoms. The van der Waals surface area contributed by atoms with Crippen molar-refractivity contribution in [3.8, 4) is 5.75 Å². The average molecular weight is 388 g/mol. The first-order valence-corrected chi connectivity index (χ1v) is 9.75. The summed E-state index contributed by atoms with van der Waals surface area (Å²) in [7, 11) is 0. The first-order chi connectivity index (χ1) is 13.9. The van der Waals surface area contributed by atoms with Crippen LogP contribution in [-0.2, 0) is 9.59 Å². The maximum atomic E-state index is 13.0. The van der Waals surface area contributed by atoms with E-state index < -0.39 is 6.04 Å². The summed E-state index contributed by atoms with van der Waals surface area (Å²) < 4.78 is 5.94. The third-order valence-corrected chi connectivity index (χ3v) is 5.22. The highest BCUT2D eigenvalue weighted by molar-refractivity contribution is 6.07. The minimum Gasteiger partial charge on any atom is -0.492 e. The first-order valence-electron chi connectivity index (χ1n) is 9.75. The van der Waals surface area contributed by atoms with Gasteiger partial charge < -0.3 is 15.0 Å². The molecule has 0 aliphatic carbocycles. The molecule has 1 heterocycles. The summed E-state index contributed by atoms with van der Waals surface area (Å²) in [5.74, 6) is 0.434. The molecule has 5 nitrogen and oxygen atoms in total. The fraction of sp³-hybridized carbons (Fsp3) is 0.250. The molecule has 2 amide bonds. The Morgan fingerprint density at radius 3 is 2.59 bits per heavy atom. The Labute approximate surface area is 170 Å². The van der Waals surface area contributed by atoms with Gasteiger partial charge in [-0.2, -0.15) is 0 Å². The van der Waals surface area contributed by atoms with Crippen molar-refractivity contribution in [3.63, 3.8) is 0 Å². The molecule has 1 aliphatic heterocycles. The fourth-order valence-electron chi connectivity index (χ4n) is 4.06. The maximum Gasteiger partial charge on any atom is 0.254 e. The van der Waals surface area contributed by atoms with Crippen LogP contribution in [0.3, 0.4) is 0 Å². The Bertz CT molecular complexity index is 1110. The number of nitrogens with one attached hydrogen (secondary N) is 1. The van der Waals surface area contributed by atoms with Gasteiger partial charge in [-0.1, -0.05) is 48.0 Å². The van der Waals surface area contributed by atoms with Crippen LogP contribution in [0.25, 0.3) is 10.8 Å². The van der Waals surface area contributed by atoms with Crippen LogP contribution in [0.1, 0.15) is 29.7 Å². The second-order valence-electron chi connectivity index (χ2n) is 7.50. The van der Waals surface area contributed by atoms with Gasteiger partial charge in [0.05, 0.1) is 12.2 Å². The van der Waals surface area contributed by atoms with Gasteiger partial charge in [0.25, 0.3) is 5.91 Å². The number of hydrogen-bond acceptors (Lipinski definition) is 3. The summed E-state index contributed by atoms with van der Waals surface area (Å²) >= 11 is 0. The molecular formula is C24H24N2O3. The topological polar surface area (TPSA) is 58.6 Å². The van der Waals surface area contributed by atoms with E-state index in [4.69, 9.17) is 4.74 Å². The molecule has 3 aromatic rings. The summed E-state index contributed by atoms with van der Waals surface area (Å²) in [5.41, 5.74) is 3.82. The standard InChI is InChI=1S/C24H24N2O3/c1-15-12-16(2)23-21(13-15)22(25-17(3)27)24(28)26(23)10-11-29-20-9-8-18-6-4-5-7-19(18)14-20/h4-9,12-14,22H,10-11H2,1-3H3,(H,25,27)/t22-/m1/s1. The first kappa shape index (κ1) is 19.0. The number of hydrogen-bond donors (Lipinski definition) is 1. The van der Waals surface area contributed by atoms with Crippen LogP contribution in [-0.4, -0.2) is 25.0 Å². The molecular weight excluding hydrogens is 364 g/mol. The van der Waals surface area contributed by atoms with Crippen LogP contribution in [0, 0.1) is 13.8 Å². The van der Waals surface area contributed by atoms with Crippen LogP contribution in [0.4, 0.5) is 5.69 Å². The molecule has 29 heavy (non-hydrogen) atoms. The van der Waals surface area contributed by atoms with E-state index in [-0.39, 0.29) is 11.8 Å². The lowest BCUT2D eigenvalue weighted by Crippen LogP contribution is -2.38. The highest BCUT2D eigenvalue weighted by Crippen LogP contribution is 2.39. The van der Waals surface area contributed by atoms with E-state index in [0.717, 1.165) is 38.9 Å². The van der Waals surface area contributed by atoms with Crippen molar-refractivity contribution in [1.29, 1.82) is 0 Å². The Morgan fingerprint density at radius 2 is 1.83 bits per heavy atom. The molecule has 0 saturated carbocycles. The Hall–Kier alpha value is -3.34. The second-order valence-corrected chi connectivity index (χ2v) is 7.50. The number of rotatable bonds is 5. The Morgan fingerprint density at radius 1 is 1.07 bits per heavy atom. The van der Waals surface area contributed by atoms with E-state index in [1.807, 2.05) is 56.3 Å². The largest absolute Gasteiger partial charge is 0.492 e. The number of carbonyl (C=O) groups excluding carboxylic acids is 2. The van der Waals surface area contributed by atoms with Gasteiger partial charge in [0.15, 0.2) is 0 Å². The fourth-order valence-corrected chi connectivity index (χ4v) is 4.06. The highest BCUT2D eigenvalue weighted by atomic mass is 16.5. The number of nitrogens with zero attached hydrogens (tertiary/aromatic N) is 1. The lowest BCUT2D eigenvalue weighted by atomic mass is 10.0. The minimum atomic E-state index is -0.637. The molecule has 0 radical (unpaired) electrons. The van der Waals surface area contributed by atoms with E-state index in [2.05, 4.69) is 17.4 Å². The molecule has 0 unspecified atom stereocenters. The molecule has 0 fully saturated rings. The summed E-state index contributed by atoms with van der Waals surface area (Å²) in [6.45, 7) is 6.20. The number of carbonyl (C=O) groups is 2. The van der Waals surface area contributed by atoms with E-state index in [1.165, 1.54) is 6.92 Å². The number of amides is 2. The van der Waals surface area contributed by atoms with Gasteiger partial charge in [0, 0.05) is 12.5 Å². The molecule has 0 saturated heterocycles. The average Bonchev–Trinajstić information content (AvgIpc) is 2.93. The molecule has 3 aromatic carbocycles. The van der Waals surface area contributed by atoms with Gasteiger partial charge in [-0.15, -0.1) is 0 Å². The zero-order chi connectivity index (χ0) is 20.5. The summed E-state index contributed by atoms with van der Waals surface area (Å²) in [6, 6.07) is 17.5. The van der Waals surface area contributed by atoms with Crippen LogP contribution >= 0.6 is 0 Å². The minimum absolute atomic E-state index is 0.119. The summed E-state index contributed by atoms with van der Waals surface area (Å²) in [5, 5.41) is 5.06. The molecule has 1 aliphatic rings. The van der Waals surface area contributed by atoms with Gasteiger partial charge in [-0.3, -0.25) is 9.59 Å². The second kappa shape index (κ2) is 7.59. The maximum absolute atomic E-state index is 13.0. The van der Waals surface area contributed by atoms with Crippen molar-refractivity contribution >= 4 is 28.3 Å². The normalized spacial score (nSPS) is 15.5. The zero-order valence-corrected chi connectivity index (χ0v) is 16.9. The smallest absolute Gasteiger partial charge is 0.254 e. The van der Waals surface area contributed by atoms with E-state index in [0.29, 0.717) is 13.2 Å². The van der Waals surface area contributed by atoms with Gasteiger partial charge >= 0.3 is 0 Å². The summed E-state index contributed by atoms with van der Waals surface area (Å²) in [4.78, 5) is 26.4. The van der Waals surface area contributed by atoms with E-state index in [1.54, 1.807) is 4.90 Å². The number of benzene rings is 3. The predicted octanol–water partition coefficient (Wildman–Crippen LogP) is 4.06. The molecule has 1 atom stereocenters. The van der Waals surface area contributed by atoms with Crippen LogP contribution in [0.15, 0.2) is 54.6 Å². The third kappa shape index (κ3) is 3.68. The quantitative estimate of drug-likeness (QED) is 0.717. The van der Waals surface area contributed by atoms with Gasteiger partial charge in [0.2, 0.25) is 5.91 Å². The van der Waals surface area contributed by atoms with Gasteiger partial charge in [-0.05, 0) is 42.3 Å². The summed E-state index contributed by atoms with van der Waals surface area (Å²) in [6.07, 6.45) is 0. The number of fused-ring (bicyclic) bond motifs is 2.